The molecule has 5 nitrogen and oxygen atoms in total. The van der Waals surface area contributed by atoms with Crippen LogP contribution in [0.3, 0.4) is 0 Å². The van der Waals surface area contributed by atoms with E-state index in [4.69, 9.17) is 5.73 Å². The zero-order valence-electron chi connectivity index (χ0n) is 12.1. The van der Waals surface area contributed by atoms with E-state index in [0.29, 0.717) is 15.7 Å². The molecule has 1 amide bonds. The predicted octanol–water partition coefficient (Wildman–Crippen LogP) is 2.96. The van der Waals surface area contributed by atoms with Crippen LogP contribution in [0.1, 0.15) is 23.5 Å². The van der Waals surface area contributed by atoms with Gasteiger partial charge in [0.15, 0.2) is 5.13 Å². The molecule has 0 aliphatic rings. The van der Waals surface area contributed by atoms with E-state index in [-0.39, 0.29) is 17.8 Å². The maximum Gasteiger partial charge on any atom is 0.272 e. The van der Waals surface area contributed by atoms with E-state index in [2.05, 4.69) is 10.3 Å². The number of hydrogen-bond donors (Lipinski definition) is 2. The van der Waals surface area contributed by atoms with Crippen molar-refractivity contribution in [3.05, 3.63) is 35.0 Å². The van der Waals surface area contributed by atoms with Crippen molar-refractivity contribution >= 4 is 33.9 Å². The smallest absolute Gasteiger partial charge is 0.272 e. The number of nitrogens with zero attached hydrogens (tertiary/aromatic N) is 2. The molecule has 7 heteroatoms. The minimum absolute atomic E-state index is 0.177. The van der Waals surface area contributed by atoms with Crippen LogP contribution < -0.4 is 16.0 Å². The van der Waals surface area contributed by atoms with Crippen molar-refractivity contribution < 1.29 is 9.18 Å². The molecule has 0 unspecified atom stereocenters. The lowest BCUT2D eigenvalue weighted by Gasteiger charge is -2.16. The van der Waals surface area contributed by atoms with Crippen LogP contribution in [0.15, 0.2) is 24.3 Å². The quantitative estimate of drug-likeness (QED) is 0.911. The third kappa shape index (κ3) is 3.49. The average molecular weight is 308 g/mol. The lowest BCUT2D eigenvalue weighted by Crippen LogP contribution is -2.26. The summed E-state index contributed by atoms with van der Waals surface area (Å²) >= 11 is 1.19. The molecule has 2 rings (SSSR count). The number of thiazole rings is 1. The standard InChI is InChI=1S/C14H17FN4OS/c1-8(2)17-14-18-12(16)11(21-14)13(20)19(3)10-6-4-5-9(15)7-10/h4-8H,16H2,1-3H3,(H,17,18). The number of aromatic nitrogens is 1. The number of nitrogen functional groups attached to an aromatic ring is 1. The summed E-state index contributed by atoms with van der Waals surface area (Å²) in [5.41, 5.74) is 6.27. The zero-order valence-corrected chi connectivity index (χ0v) is 12.9. The Morgan fingerprint density at radius 2 is 2.19 bits per heavy atom. The summed E-state index contributed by atoms with van der Waals surface area (Å²) in [5.74, 6) is -0.532. The summed E-state index contributed by atoms with van der Waals surface area (Å²) in [7, 11) is 1.58. The van der Waals surface area contributed by atoms with Crippen LogP contribution in [-0.4, -0.2) is 24.0 Å². The lowest BCUT2D eigenvalue weighted by molar-refractivity contribution is 0.0997. The third-order valence-corrected chi connectivity index (χ3v) is 3.75. The van der Waals surface area contributed by atoms with Crippen molar-refractivity contribution in [3.8, 4) is 0 Å². The van der Waals surface area contributed by atoms with Gasteiger partial charge < -0.3 is 16.0 Å². The van der Waals surface area contributed by atoms with E-state index in [1.54, 1.807) is 19.2 Å². The Hall–Kier alpha value is -2.15. The Morgan fingerprint density at radius 1 is 1.48 bits per heavy atom. The van der Waals surface area contributed by atoms with Crippen molar-refractivity contribution in [2.45, 2.75) is 19.9 Å². The number of rotatable bonds is 4. The van der Waals surface area contributed by atoms with Crippen LogP contribution >= 0.6 is 11.3 Å². The molecule has 0 saturated heterocycles. The van der Waals surface area contributed by atoms with E-state index in [1.807, 2.05) is 13.8 Å². The summed E-state index contributed by atoms with van der Waals surface area (Å²) in [4.78, 5) is 18.3. The molecule has 3 N–H and O–H groups in total. The molecule has 0 atom stereocenters. The third-order valence-electron chi connectivity index (χ3n) is 2.76. The Morgan fingerprint density at radius 3 is 2.81 bits per heavy atom. The van der Waals surface area contributed by atoms with Crippen LogP contribution in [0.4, 0.5) is 21.0 Å². The van der Waals surface area contributed by atoms with Crippen LogP contribution in [0.25, 0.3) is 0 Å². The Kier molecular flexibility index (Phi) is 4.42. The molecular weight excluding hydrogens is 291 g/mol. The number of carbonyl (C=O) groups excluding carboxylic acids is 1. The summed E-state index contributed by atoms with van der Waals surface area (Å²) in [5, 5.41) is 3.70. The molecule has 1 heterocycles. The first-order valence-corrected chi connectivity index (χ1v) is 7.26. The van der Waals surface area contributed by atoms with Gasteiger partial charge in [0, 0.05) is 18.8 Å². The van der Waals surface area contributed by atoms with Crippen molar-refractivity contribution in [3.63, 3.8) is 0 Å². The maximum atomic E-state index is 13.2. The van der Waals surface area contributed by atoms with Crippen LogP contribution in [0.2, 0.25) is 0 Å². The molecule has 1 aromatic heterocycles. The number of nitrogens with one attached hydrogen (secondary N) is 1. The van der Waals surface area contributed by atoms with Gasteiger partial charge in [0.2, 0.25) is 0 Å². The molecular formula is C14H17FN4OS. The number of hydrogen-bond acceptors (Lipinski definition) is 5. The van der Waals surface area contributed by atoms with Gasteiger partial charge in [-0.2, -0.15) is 0 Å². The first-order valence-electron chi connectivity index (χ1n) is 6.45. The average Bonchev–Trinajstić information content (AvgIpc) is 2.77. The highest BCUT2D eigenvalue weighted by atomic mass is 32.1. The second kappa shape index (κ2) is 6.09. The van der Waals surface area contributed by atoms with Crippen molar-refractivity contribution in [1.82, 2.24) is 4.98 Å². The Bertz CT molecular complexity index is 656. The molecule has 0 fully saturated rings. The van der Waals surface area contributed by atoms with Gasteiger partial charge in [0.25, 0.3) is 5.91 Å². The zero-order chi connectivity index (χ0) is 15.6. The van der Waals surface area contributed by atoms with Gasteiger partial charge in [0.05, 0.1) is 0 Å². The SMILES string of the molecule is CC(C)Nc1nc(N)c(C(=O)N(C)c2cccc(F)c2)s1. The van der Waals surface area contributed by atoms with E-state index >= 15 is 0 Å². The molecule has 21 heavy (non-hydrogen) atoms. The minimum atomic E-state index is -0.397. The van der Waals surface area contributed by atoms with Crippen molar-refractivity contribution in [2.75, 3.05) is 23.0 Å². The number of anilines is 3. The molecule has 2 aromatic rings. The first-order chi connectivity index (χ1) is 9.88. The monoisotopic (exact) mass is 308 g/mol. The summed E-state index contributed by atoms with van der Waals surface area (Å²) in [6.07, 6.45) is 0. The molecule has 0 aliphatic carbocycles. The fraction of sp³-hybridized carbons (Fsp3) is 0.286. The molecule has 1 aromatic carbocycles. The van der Waals surface area contributed by atoms with Crippen LogP contribution in [-0.2, 0) is 0 Å². The second-order valence-corrected chi connectivity index (χ2v) is 5.88. The van der Waals surface area contributed by atoms with E-state index < -0.39 is 5.82 Å². The van der Waals surface area contributed by atoms with E-state index in [9.17, 15) is 9.18 Å². The van der Waals surface area contributed by atoms with E-state index in [0.717, 1.165) is 0 Å². The fourth-order valence-electron chi connectivity index (χ4n) is 1.75. The van der Waals surface area contributed by atoms with Gasteiger partial charge in [-0.25, -0.2) is 9.37 Å². The Labute approximate surface area is 126 Å². The summed E-state index contributed by atoms with van der Waals surface area (Å²) in [6.45, 7) is 3.94. The maximum absolute atomic E-state index is 13.2. The highest BCUT2D eigenvalue weighted by molar-refractivity contribution is 7.18. The van der Waals surface area contributed by atoms with Crippen LogP contribution in [0.5, 0.6) is 0 Å². The number of amides is 1. The minimum Gasteiger partial charge on any atom is -0.382 e. The summed E-state index contributed by atoms with van der Waals surface area (Å²) in [6, 6.07) is 6.02. The van der Waals surface area contributed by atoms with E-state index in [1.165, 1.54) is 28.4 Å². The second-order valence-electron chi connectivity index (χ2n) is 4.88. The topological polar surface area (TPSA) is 71.2 Å². The molecule has 0 bridgehead atoms. The van der Waals surface area contributed by atoms with Gasteiger partial charge in [-0.15, -0.1) is 0 Å². The van der Waals surface area contributed by atoms with Gasteiger partial charge >= 0.3 is 0 Å². The van der Waals surface area contributed by atoms with Gasteiger partial charge in [-0.3, -0.25) is 4.79 Å². The normalized spacial score (nSPS) is 10.7. The Balaban J connectivity index is 2.25. The van der Waals surface area contributed by atoms with Gasteiger partial charge in [0.1, 0.15) is 16.5 Å². The fourth-order valence-corrected chi connectivity index (χ4v) is 2.75. The largest absolute Gasteiger partial charge is 0.382 e. The highest BCUT2D eigenvalue weighted by Gasteiger charge is 2.21. The molecule has 0 aliphatic heterocycles. The number of nitrogens with two attached hydrogens (primary N) is 1. The molecule has 0 radical (unpaired) electrons. The molecule has 0 saturated carbocycles. The first kappa shape index (κ1) is 15.2. The highest BCUT2D eigenvalue weighted by Crippen LogP contribution is 2.28. The molecule has 0 spiro atoms. The summed E-state index contributed by atoms with van der Waals surface area (Å²) < 4.78 is 13.2. The van der Waals surface area contributed by atoms with Crippen molar-refractivity contribution in [2.24, 2.45) is 0 Å². The number of benzene rings is 1. The molecule has 112 valence electrons. The van der Waals surface area contributed by atoms with Crippen molar-refractivity contribution in [1.29, 1.82) is 0 Å². The van der Waals surface area contributed by atoms with Gasteiger partial charge in [-0.05, 0) is 32.0 Å². The van der Waals surface area contributed by atoms with Crippen LogP contribution in [0, 0.1) is 5.82 Å². The lowest BCUT2D eigenvalue weighted by atomic mass is 10.3. The predicted molar refractivity (Wildman–Crippen MR) is 84.4 cm³/mol. The number of halogens is 1. The van der Waals surface area contributed by atoms with Gasteiger partial charge in [-0.1, -0.05) is 17.4 Å². The number of carbonyl (C=O) groups is 1.